The number of carbonyl (C=O) groups is 1. The Labute approximate surface area is 168 Å². The van der Waals surface area contributed by atoms with E-state index < -0.39 is 10.8 Å². The molecule has 2 aromatic carbocycles. The third kappa shape index (κ3) is 4.39. The predicted octanol–water partition coefficient (Wildman–Crippen LogP) is 3.23. The van der Waals surface area contributed by atoms with Gasteiger partial charge in [0.2, 0.25) is 6.79 Å². The van der Waals surface area contributed by atoms with E-state index in [9.17, 15) is 14.9 Å². The molecule has 9 nitrogen and oxygen atoms in total. The van der Waals surface area contributed by atoms with E-state index in [4.69, 9.17) is 14.2 Å². The maximum absolute atomic E-state index is 12.0. The number of ether oxygens (including phenoxy) is 3. The number of benzene rings is 2. The summed E-state index contributed by atoms with van der Waals surface area (Å²) in [6.45, 7) is 3.57. The van der Waals surface area contributed by atoms with Gasteiger partial charge in [0, 0.05) is 0 Å². The van der Waals surface area contributed by atoms with Gasteiger partial charge in [0.1, 0.15) is 5.75 Å². The third-order valence-corrected chi connectivity index (χ3v) is 4.42. The van der Waals surface area contributed by atoms with Gasteiger partial charge in [-0.1, -0.05) is 6.07 Å². The van der Waals surface area contributed by atoms with E-state index in [2.05, 4.69) is 26.5 Å². The van der Waals surface area contributed by atoms with E-state index in [0.29, 0.717) is 17.2 Å². The number of hydrogen-bond donors (Lipinski definition) is 1. The Balaban J connectivity index is 1.64. The fourth-order valence-corrected chi connectivity index (χ4v) is 3.43. The van der Waals surface area contributed by atoms with E-state index in [1.54, 1.807) is 0 Å². The lowest BCUT2D eigenvalue weighted by Gasteiger charge is -2.11. The lowest BCUT2D eigenvalue weighted by molar-refractivity contribution is -0.385. The fraction of sp³-hybridized carbons (Fsp3) is 0.222. The van der Waals surface area contributed by atoms with Crippen molar-refractivity contribution in [1.29, 1.82) is 0 Å². The molecule has 0 spiro atoms. The number of hydrogen-bond acceptors (Lipinski definition) is 7. The Bertz CT molecular complexity index is 953. The van der Waals surface area contributed by atoms with Crippen LogP contribution in [0, 0.1) is 24.0 Å². The summed E-state index contributed by atoms with van der Waals surface area (Å²) in [5.74, 6) is 0.726. The Morgan fingerprint density at radius 2 is 2.04 bits per heavy atom. The molecule has 3 rings (SSSR count). The molecule has 0 aromatic heterocycles. The number of rotatable bonds is 6. The highest BCUT2D eigenvalue weighted by Gasteiger charge is 2.22. The first-order valence-electron chi connectivity index (χ1n) is 8.14. The Morgan fingerprint density at radius 3 is 2.71 bits per heavy atom. The number of aryl methyl sites for hydroxylation is 2. The standard InChI is InChI=1S/C18H16BrN3O6/c1-10-3-11(2)18(13(19)4-10)26-8-17(23)21-20-7-12-5-15-16(28-9-27-15)6-14(12)22(24)25/h3-7H,8-9H2,1-2H3,(H,21,23). The number of halogens is 1. The smallest absolute Gasteiger partial charge is 0.282 e. The molecule has 0 saturated heterocycles. The largest absolute Gasteiger partial charge is 0.482 e. The number of nitrogens with zero attached hydrogens (tertiary/aromatic N) is 2. The summed E-state index contributed by atoms with van der Waals surface area (Å²) in [5, 5.41) is 15.0. The average molecular weight is 450 g/mol. The lowest BCUT2D eigenvalue weighted by atomic mass is 10.1. The van der Waals surface area contributed by atoms with Crippen LogP contribution in [0.2, 0.25) is 0 Å². The topological polar surface area (TPSA) is 112 Å². The highest BCUT2D eigenvalue weighted by molar-refractivity contribution is 9.10. The second kappa shape index (κ2) is 8.26. The Hall–Kier alpha value is -3.14. The SMILES string of the molecule is Cc1cc(C)c(OCC(=O)NN=Cc2cc3c(cc2[N+](=O)[O-])OCO3)c(Br)c1. The van der Waals surface area contributed by atoms with Crippen molar-refractivity contribution in [2.75, 3.05) is 13.4 Å². The highest BCUT2D eigenvalue weighted by Crippen LogP contribution is 2.37. The molecule has 0 aliphatic carbocycles. The van der Waals surface area contributed by atoms with Gasteiger partial charge in [-0.2, -0.15) is 5.10 Å². The van der Waals surface area contributed by atoms with E-state index in [0.717, 1.165) is 15.6 Å². The summed E-state index contributed by atoms with van der Waals surface area (Å²) < 4.78 is 16.6. The summed E-state index contributed by atoms with van der Waals surface area (Å²) >= 11 is 3.41. The zero-order valence-electron chi connectivity index (χ0n) is 15.0. The van der Waals surface area contributed by atoms with Gasteiger partial charge in [0.25, 0.3) is 11.6 Å². The molecule has 0 unspecified atom stereocenters. The molecule has 0 bridgehead atoms. The van der Waals surface area contributed by atoms with Crippen LogP contribution >= 0.6 is 15.9 Å². The van der Waals surface area contributed by atoms with Crippen molar-refractivity contribution >= 4 is 33.7 Å². The normalized spacial score (nSPS) is 12.2. The molecule has 1 N–H and O–H groups in total. The number of nitrogens with one attached hydrogen (secondary N) is 1. The Morgan fingerprint density at radius 1 is 1.32 bits per heavy atom. The molecule has 2 aromatic rings. The van der Waals surface area contributed by atoms with Crippen molar-refractivity contribution < 1.29 is 23.9 Å². The predicted molar refractivity (Wildman–Crippen MR) is 104 cm³/mol. The average Bonchev–Trinajstić information content (AvgIpc) is 3.07. The van der Waals surface area contributed by atoms with Crippen molar-refractivity contribution in [1.82, 2.24) is 5.43 Å². The second-order valence-corrected chi connectivity index (χ2v) is 6.85. The first-order chi connectivity index (χ1) is 13.3. The van der Waals surface area contributed by atoms with Crippen LogP contribution in [0.4, 0.5) is 5.69 Å². The molecule has 0 atom stereocenters. The van der Waals surface area contributed by atoms with Gasteiger partial charge in [0.15, 0.2) is 18.1 Å². The van der Waals surface area contributed by atoms with Crippen molar-refractivity contribution in [2.45, 2.75) is 13.8 Å². The van der Waals surface area contributed by atoms with E-state index in [-0.39, 0.29) is 24.7 Å². The Kier molecular flexibility index (Phi) is 5.78. The van der Waals surface area contributed by atoms with Gasteiger partial charge in [-0.3, -0.25) is 14.9 Å². The van der Waals surface area contributed by atoms with Crippen LogP contribution in [-0.2, 0) is 4.79 Å². The molecule has 10 heteroatoms. The van der Waals surface area contributed by atoms with Crippen molar-refractivity contribution in [3.8, 4) is 17.2 Å². The van der Waals surface area contributed by atoms with Crippen molar-refractivity contribution in [2.24, 2.45) is 5.10 Å². The number of fused-ring (bicyclic) bond motifs is 1. The van der Waals surface area contributed by atoms with Crippen LogP contribution < -0.4 is 19.6 Å². The summed E-state index contributed by atoms with van der Waals surface area (Å²) in [6.07, 6.45) is 1.17. The van der Waals surface area contributed by atoms with Crippen molar-refractivity contribution in [3.63, 3.8) is 0 Å². The number of amides is 1. The summed E-state index contributed by atoms with van der Waals surface area (Å²) in [5.41, 5.74) is 4.20. The van der Waals surface area contributed by atoms with Gasteiger partial charge in [-0.15, -0.1) is 0 Å². The van der Waals surface area contributed by atoms with Crippen LogP contribution in [0.15, 0.2) is 33.8 Å². The molecule has 1 heterocycles. The molecule has 0 saturated carbocycles. The maximum Gasteiger partial charge on any atom is 0.282 e. The zero-order chi connectivity index (χ0) is 20.3. The number of hydrazone groups is 1. The maximum atomic E-state index is 12.0. The zero-order valence-corrected chi connectivity index (χ0v) is 16.6. The quantitative estimate of drug-likeness (QED) is 0.411. The molecule has 1 aliphatic rings. The minimum absolute atomic E-state index is 0.00482. The monoisotopic (exact) mass is 449 g/mol. The molecular formula is C18H16BrN3O6. The molecule has 28 heavy (non-hydrogen) atoms. The van der Waals surface area contributed by atoms with Crippen LogP contribution in [0.3, 0.4) is 0 Å². The minimum Gasteiger partial charge on any atom is -0.482 e. The minimum atomic E-state index is -0.564. The van der Waals surface area contributed by atoms with Gasteiger partial charge >= 0.3 is 0 Å². The molecular weight excluding hydrogens is 434 g/mol. The molecule has 0 fully saturated rings. The van der Waals surface area contributed by atoms with Gasteiger partial charge in [-0.05, 0) is 53.0 Å². The number of carbonyl (C=O) groups excluding carboxylic acids is 1. The molecule has 146 valence electrons. The first kappa shape index (κ1) is 19.6. The number of nitro benzene ring substituents is 1. The lowest BCUT2D eigenvalue weighted by Crippen LogP contribution is -2.25. The molecule has 1 aliphatic heterocycles. The summed E-state index contributed by atoms with van der Waals surface area (Å²) in [4.78, 5) is 22.6. The van der Waals surface area contributed by atoms with Gasteiger partial charge < -0.3 is 14.2 Å². The van der Waals surface area contributed by atoms with E-state index in [1.807, 2.05) is 26.0 Å². The highest BCUT2D eigenvalue weighted by atomic mass is 79.9. The van der Waals surface area contributed by atoms with E-state index >= 15 is 0 Å². The van der Waals surface area contributed by atoms with Crippen LogP contribution in [0.25, 0.3) is 0 Å². The van der Waals surface area contributed by atoms with Crippen molar-refractivity contribution in [3.05, 3.63) is 55.5 Å². The van der Waals surface area contributed by atoms with Gasteiger partial charge in [-0.25, -0.2) is 5.43 Å². The summed E-state index contributed by atoms with van der Waals surface area (Å²) in [6, 6.07) is 6.51. The third-order valence-electron chi connectivity index (χ3n) is 3.83. The summed E-state index contributed by atoms with van der Waals surface area (Å²) in [7, 11) is 0. The van der Waals surface area contributed by atoms with Crippen LogP contribution in [-0.4, -0.2) is 30.4 Å². The molecule has 1 amide bonds. The van der Waals surface area contributed by atoms with Gasteiger partial charge in [0.05, 0.1) is 27.2 Å². The fourth-order valence-electron chi connectivity index (χ4n) is 2.64. The van der Waals surface area contributed by atoms with Crippen LogP contribution in [0.5, 0.6) is 17.2 Å². The number of nitro groups is 1. The molecule has 0 radical (unpaired) electrons. The van der Waals surface area contributed by atoms with Crippen LogP contribution in [0.1, 0.15) is 16.7 Å². The first-order valence-corrected chi connectivity index (χ1v) is 8.94. The second-order valence-electron chi connectivity index (χ2n) is 6.00. The van der Waals surface area contributed by atoms with E-state index in [1.165, 1.54) is 18.3 Å².